The molecule has 0 saturated carbocycles. The van der Waals surface area contributed by atoms with Crippen molar-refractivity contribution in [3.8, 4) is 0 Å². The molecule has 6 heteroatoms. The predicted molar refractivity (Wildman–Crippen MR) is 56.8 cm³/mol. The summed E-state index contributed by atoms with van der Waals surface area (Å²) in [5.74, 6) is 0. The van der Waals surface area contributed by atoms with Gasteiger partial charge in [-0.3, -0.25) is 0 Å². The van der Waals surface area contributed by atoms with Gasteiger partial charge < -0.3 is 15.0 Å². The monoisotopic (exact) mass is 227 g/mol. The Morgan fingerprint density at radius 1 is 1.80 bits per heavy atom. The van der Waals surface area contributed by atoms with E-state index >= 15 is 0 Å². The van der Waals surface area contributed by atoms with Gasteiger partial charge in [0.05, 0.1) is 13.2 Å². The van der Waals surface area contributed by atoms with Crippen molar-refractivity contribution in [3.05, 3.63) is 16.6 Å². The van der Waals surface area contributed by atoms with Gasteiger partial charge in [-0.15, -0.1) is 11.3 Å². The molecule has 0 aliphatic carbocycles. The summed E-state index contributed by atoms with van der Waals surface area (Å²) in [4.78, 5) is 17.4. The molecule has 1 fully saturated rings. The van der Waals surface area contributed by atoms with Crippen LogP contribution in [0.2, 0.25) is 0 Å². The third kappa shape index (κ3) is 2.27. The lowest BCUT2D eigenvalue weighted by atomic mass is 10.3. The van der Waals surface area contributed by atoms with Crippen molar-refractivity contribution in [3.63, 3.8) is 0 Å². The summed E-state index contributed by atoms with van der Waals surface area (Å²) in [6.07, 6.45) is 1.68. The van der Waals surface area contributed by atoms with Crippen molar-refractivity contribution in [1.29, 1.82) is 0 Å². The van der Waals surface area contributed by atoms with Gasteiger partial charge in [0.2, 0.25) is 0 Å². The molecule has 15 heavy (non-hydrogen) atoms. The average Bonchev–Trinajstić information content (AvgIpc) is 2.82. The normalized spacial score (nSPS) is 21.4. The van der Waals surface area contributed by atoms with Crippen LogP contribution in [0.25, 0.3) is 0 Å². The summed E-state index contributed by atoms with van der Waals surface area (Å²) >= 11 is 1.56. The van der Waals surface area contributed by atoms with Crippen LogP contribution in [0.15, 0.2) is 11.6 Å². The Morgan fingerprint density at radius 3 is 3.33 bits per heavy atom. The molecule has 1 atom stereocenters. The Morgan fingerprint density at radius 2 is 2.67 bits per heavy atom. The maximum Gasteiger partial charge on any atom is 0.317 e. The second-order valence-corrected chi connectivity index (χ2v) is 4.16. The Bertz CT molecular complexity index is 328. The molecular formula is C9H13N3O2S. The van der Waals surface area contributed by atoms with Gasteiger partial charge in [0.25, 0.3) is 0 Å². The van der Waals surface area contributed by atoms with E-state index in [4.69, 9.17) is 4.74 Å². The second-order valence-electron chi connectivity index (χ2n) is 3.23. The van der Waals surface area contributed by atoms with Crippen molar-refractivity contribution in [2.24, 2.45) is 0 Å². The molecule has 82 valence electrons. The molecule has 1 aliphatic rings. The number of aromatic nitrogens is 1. The lowest BCUT2D eigenvalue weighted by Crippen LogP contribution is -2.46. The molecule has 1 aromatic rings. The van der Waals surface area contributed by atoms with E-state index < -0.39 is 0 Å². The molecule has 1 N–H and O–H groups in total. The summed E-state index contributed by atoms with van der Waals surface area (Å²) < 4.78 is 5.57. The SMILES string of the molecule is CNC(=O)N1CCOC(c2nccs2)C1. The molecule has 1 aliphatic heterocycles. The highest BCUT2D eigenvalue weighted by atomic mass is 32.1. The minimum Gasteiger partial charge on any atom is -0.367 e. The zero-order valence-corrected chi connectivity index (χ0v) is 9.29. The van der Waals surface area contributed by atoms with Gasteiger partial charge in [0.15, 0.2) is 0 Å². The first-order valence-electron chi connectivity index (χ1n) is 4.79. The number of ether oxygens (including phenoxy) is 1. The summed E-state index contributed by atoms with van der Waals surface area (Å²) in [5, 5.41) is 5.46. The number of rotatable bonds is 1. The number of thiazole rings is 1. The number of carbonyl (C=O) groups is 1. The van der Waals surface area contributed by atoms with E-state index in [0.29, 0.717) is 19.7 Å². The molecule has 0 aromatic carbocycles. The maximum atomic E-state index is 11.4. The fourth-order valence-corrected chi connectivity index (χ4v) is 2.21. The van der Waals surface area contributed by atoms with Crippen LogP contribution in [0.4, 0.5) is 4.79 Å². The molecular weight excluding hydrogens is 214 g/mol. The van der Waals surface area contributed by atoms with Gasteiger partial charge in [-0.1, -0.05) is 0 Å². The number of hydrogen-bond donors (Lipinski definition) is 1. The van der Waals surface area contributed by atoms with Crippen LogP contribution >= 0.6 is 11.3 Å². The molecule has 1 aromatic heterocycles. The quantitative estimate of drug-likeness (QED) is 0.774. The molecule has 0 bridgehead atoms. The zero-order chi connectivity index (χ0) is 10.7. The number of hydrogen-bond acceptors (Lipinski definition) is 4. The van der Waals surface area contributed by atoms with Crippen LogP contribution in [0.1, 0.15) is 11.1 Å². The van der Waals surface area contributed by atoms with Gasteiger partial charge in [0, 0.05) is 25.2 Å². The topological polar surface area (TPSA) is 54.5 Å². The van der Waals surface area contributed by atoms with Gasteiger partial charge >= 0.3 is 6.03 Å². The van der Waals surface area contributed by atoms with E-state index in [1.807, 2.05) is 5.38 Å². The molecule has 1 unspecified atom stereocenters. The Balaban J connectivity index is 2.01. The molecule has 0 spiro atoms. The van der Waals surface area contributed by atoms with E-state index in [2.05, 4.69) is 10.3 Å². The first-order chi connectivity index (χ1) is 7.31. The Labute approximate surface area is 92.1 Å². The van der Waals surface area contributed by atoms with Crippen LogP contribution < -0.4 is 5.32 Å². The lowest BCUT2D eigenvalue weighted by Gasteiger charge is -2.31. The van der Waals surface area contributed by atoms with E-state index in [1.54, 1.807) is 29.5 Å². The lowest BCUT2D eigenvalue weighted by molar-refractivity contribution is -0.0152. The summed E-state index contributed by atoms with van der Waals surface area (Å²) in [6, 6.07) is -0.0557. The van der Waals surface area contributed by atoms with Gasteiger partial charge in [-0.25, -0.2) is 9.78 Å². The number of carbonyl (C=O) groups excluding carboxylic acids is 1. The Kier molecular flexibility index (Phi) is 3.17. The fourth-order valence-electron chi connectivity index (χ4n) is 1.53. The smallest absolute Gasteiger partial charge is 0.317 e. The zero-order valence-electron chi connectivity index (χ0n) is 8.47. The number of morpholine rings is 1. The largest absolute Gasteiger partial charge is 0.367 e. The average molecular weight is 227 g/mol. The highest BCUT2D eigenvalue weighted by molar-refractivity contribution is 7.09. The van der Waals surface area contributed by atoms with E-state index in [9.17, 15) is 4.79 Å². The molecule has 0 radical (unpaired) electrons. The van der Waals surface area contributed by atoms with Crippen molar-refractivity contribution >= 4 is 17.4 Å². The van der Waals surface area contributed by atoms with E-state index in [0.717, 1.165) is 5.01 Å². The fraction of sp³-hybridized carbons (Fsp3) is 0.556. The summed E-state index contributed by atoms with van der Waals surface area (Å²) in [7, 11) is 1.64. The first-order valence-corrected chi connectivity index (χ1v) is 5.67. The predicted octanol–water partition coefficient (Wildman–Crippen LogP) is 0.856. The van der Waals surface area contributed by atoms with Gasteiger partial charge in [-0.05, 0) is 0 Å². The van der Waals surface area contributed by atoms with Crippen molar-refractivity contribution < 1.29 is 9.53 Å². The van der Waals surface area contributed by atoms with Crippen molar-refractivity contribution in [1.82, 2.24) is 15.2 Å². The third-order valence-corrected chi connectivity index (χ3v) is 3.16. The highest BCUT2D eigenvalue weighted by Gasteiger charge is 2.26. The summed E-state index contributed by atoms with van der Waals surface area (Å²) in [5.41, 5.74) is 0. The first kappa shape index (κ1) is 10.4. The summed E-state index contributed by atoms with van der Waals surface area (Å²) in [6.45, 7) is 1.78. The minimum absolute atomic E-state index is 0.0557. The van der Waals surface area contributed by atoms with Crippen LogP contribution in [0, 0.1) is 0 Å². The molecule has 2 rings (SSSR count). The third-order valence-electron chi connectivity index (χ3n) is 2.29. The number of amides is 2. The van der Waals surface area contributed by atoms with E-state index in [-0.39, 0.29) is 12.1 Å². The molecule has 2 heterocycles. The second kappa shape index (κ2) is 4.59. The number of urea groups is 1. The number of nitrogens with zero attached hydrogens (tertiary/aromatic N) is 2. The van der Waals surface area contributed by atoms with Crippen LogP contribution in [0.3, 0.4) is 0 Å². The van der Waals surface area contributed by atoms with Crippen LogP contribution in [-0.2, 0) is 4.74 Å². The molecule has 5 nitrogen and oxygen atoms in total. The highest BCUT2D eigenvalue weighted by Crippen LogP contribution is 2.23. The van der Waals surface area contributed by atoms with Gasteiger partial charge in [0.1, 0.15) is 11.1 Å². The Hall–Kier alpha value is -1.14. The maximum absolute atomic E-state index is 11.4. The van der Waals surface area contributed by atoms with Crippen molar-refractivity contribution in [2.75, 3.05) is 26.7 Å². The standard InChI is InChI=1S/C9H13N3O2S/c1-10-9(13)12-3-4-14-7(6-12)8-11-2-5-15-8/h2,5,7H,3-4,6H2,1H3,(H,10,13). The van der Waals surface area contributed by atoms with E-state index in [1.165, 1.54) is 0 Å². The molecule has 2 amide bonds. The van der Waals surface area contributed by atoms with Crippen LogP contribution in [0.5, 0.6) is 0 Å². The number of nitrogens with one attached hydrogen (secondary N) is 1. The van der Waals surface area contributed by atoms with Crippen LogP contribution in [-0.4, -0.2) is 42.7 Å². The van der Waals surface area contributed by atoms with Gasteiger partial charge in [-0.2, -0.15) is 0 Å². The minimum atomic E-state index is -0.0731. The van der Waals surface area contributed by atoms with Crippen molar-refractivity contribution in [2.45, 2.75) is 6.10 Å². The molecule has 1 saturated heterocycles.